The van der Waals surface area contributed by atoms with Crippen LogP contribution in [0.25, 0.3) is 66.3 Å². The van der Waals surface area contributed by atoms with Gasteiger partial charge in [-0.3, -0.25) is 0 Å². The van der Waals surface area contributed by atoms with E-state index >= 15 is 0 Å². The van der Waals surface area contributed by atoms with Crippen LogP contribution in [0.1, 0.15) is 69.4 Å². The summed E-state index contributed by atoms with van der Waals surface area (Å²) in [6, 6.07) is 55.5. The Kier molecular flexibility index (Phi) is 10.2. The summed E-state index contributed by atoms with van der Waals surface area (Å²) < 4.78 is 25.9. The molecule has 7 nitrogen and oxygen atoms in total. The molecule has 15 rings (SSSR count). The van der Waals surface area contributed by atoms with Crippen molar-refractivity contribution in [3.63, 3.8) is 0 Å². The van der Waals surface area contributed by atoms with Gasteiger partial charge >= 0.3 is 0 Å². The fourth-order valence-corrected chi connectivity index (χ4v) is 13.1. The van der Waals surface area contributed by atoms with Crippen molar-refractivity contribution in [2.75, 3.05) is 9.80 Å². The summed E-state index contributed by atoms with van der Waals surface area (Å²) in [6.07, 6.45) is 22.7. The number of hydrogen-bond donors (Lipinski definition) is 0. The van der Waals surface area contributed by atoms with Crippen LogP contribution in [0.4, 0.5) is 17.1 Å². The summed E-state index contributed by atoms with van der Waals surface area (Å²) in [5, 5.41) is 4.50. The fourth-order valence-electron chi connectivity index (χ4n) is 13.1. The maximum absolute atomic E-state index is 6.57. The lowest BCUT2D eigenvalue weighted by Gasteiger charge is -2.37. The van der Waals surface area contributed by atoms with Gasteiger partial charge in [0.2, 0.25) is 5.89 Å². The summed E-state index contributed by atoms with van der Waals surface area (Å²) in [5.41, 5.74) is 17.0. The number of fused-ring (bicyclic) bond motifs is 11. The van der Waals surface area contributed by atoms with Gasteiger partial charge in [0.15, 0.2) is 5.58 Å². The number of anilines is 3. The van der Waals surface area contributed by atoms with E-state index in [1.165, 1.54) is 22.4 Å². The Morgan fingerprint density at radius 3 is 2.03 bits per heavy atom. The standard InChI is InChI=1S/C69H55N3O4/c1-4-42-37-65(73-61-17-9-5-13-51(42)61)43-21-25-45(26-22-43)71(49-31-35-56-54-14-6-10-18-62(54)74-66(56)40-49)47-29-33-52-53-34-30-48(39-59(53)69(2,3)58(52)38-47)72(50-32-36-57-55-15-7-11-19-63(55)75-67(57)41-50)46-27-23-44(24-28-46)68-70-60-16-8-12-20-64(60)76-68/h5-23,25-27,30-42,47,53,59H,4,24,28-29H2,1-3H3. The second kappa shape index (κ2) is 17.4. The van der Waals surface area contributed by atoms with E-state index in [4.69, 9.17) is 23.0 Å². The van der Waals surface area contributed by atoms with Crippen LogP contribution in [-0.4, -0.2) is 11.0 Å². The molecule has 4 atom stereocenters. The normalized spacial score (nSPS) is 20.6. The molecule has 1 saturated carbocycles. The predicted octanol–water partition coefficient (Wildman–Crippen LogP) is 18.3. The van der Waals surface area contributed by atoms with Gasteiger partial charge in [-0.1, -0.05) is 118 Å². The molecule has 7 aromatic carbocycles. The Hall–Kier alpha value is -8.81. The monoisotopic (exact) mass is 989 g/mol. The van der Waals surface area contributed by atoms with Gasteiger partial charge in [0.25, 0.3) is 0 Å². The van der Waals surface area contributed by atoms with Crippen molar-refractivity contribution < 1.29 is 18.0 Å². The number of aromatic nitrogens is 1. The molecule has 4 unspecified atom stereocenters. The molecule has 7 heteroatoms. The van der Waals surface area contributed by atoms with E-state index in [0.29, 0.717) is 11.8 Å². The number of nitrogens with zero attached hydrogens (tertiary/aromatic N) is 3. The summed E-state index contributed by atoms with van der Waals surface area (Å²) in [5.74, 6) is 3.31. The number of rotatable bonds is 9. The lowest BCUT2D eigenvalue weighted by molar-refractivity contribution is 0.331. The molecule has 4 heterocycles. The van der Waals surface area contributed by atoms with E-state index in [9.17, 15) is 0 Å². The van der Waals surface area contributed by atoms with Crippen LogP contribution in [0.2, 0.25) is 0 Å². The number of para-hydroxylation sites is 5. The molecule has 0 bridgehead atoms. The zero-order valence-corrected chi connectivity index (χ0v) is 42.7. The first kappa shape index (κ1) is 44.7. The van der Waals surface area contributed by atoms with Crippen molar-refractivity contribution in [2.45, 2.75) is 58.4 Å². The van der Waals surface area contributed by atoms with E-state index in [1.54, 1.807) is 0 Å². The van der Waals surface area contributed by atoms with E-state index < -0.39 is 0 Å². The number of ether oxygens (including phenoxy) is 1. The first-order valence-corrected chi connectivity index (χ1v) is 26.9. The summed E-state index contributed by atoms with van der Waals surface area (Å²) in [4.78, 5) is 9.83. The molecule has 1 aliphatic heterocycles. The summed E-state index contributed by atoms with van der Waals surface area (Å²) in [7, 11) is 0. The Morgan fingerprint density at radius 1 is 0.618 bits per heavy atom. The third-order valence-corrected chi connectivity index (χ3v) is 16.9. The molecule has 0 saturated heterocycles. The van der Waals surface area contributed by atoms with E-state index in [-0.39, 0.29) is 23.3 Å². The van der Waals surface area contributed by atoms with Gasteiger partial charge in [-0.15, -0.1) is 0 Å². The van der Waals surface area contributed by atoms with Gasteiger partial charge in [0.05, 0.1) is 6.04 Å². The van der Waals surface area contributed by atoms with Gasteiger partial charge in [-0.2, -0.15) is 0 Å². The Morgan fingerprint density at radius 2 is 1.29 bits per heavy atom. The molecule has 370 valence electrons. The van der Waals surface area contributed by atoms with E-state index in [1.807, 2.05) is 36.4 Å². The average molecular weight is 990 g/mol. The van der Waals surface area contributed by atoms with Crippen molar-refractivity contribution in [2.24, 2.45) is 17.3 Å². The molecule has 0 N–H and O–H groups in total. The first-order chi connectivity index (χ1) is 37.3. The second-order valence-electron chi connectivity index (χ2n) is 21.6. The maximum atomic E-state index is 6.57. The van der Waals surface area contributed by atoms with Crippen molar-refractivity contribution in [1.82, 2.24) is 4.98 Å². The van der Waals surface area contributed by atoms with Gasteiger partial charge in [0.1, 0.15) is 39.4 Å². The number of benzene rings is 7. The van der Waals surface area contributed by atoms with Crippen LogP contribution in [0, 0.1) is 17.3 Å². The highest BCUT2D eigenvalue weighted by Crippen LogP contribution is 2.59. The molecular formula is C69H55N3O4. The predicted molar refractivity (Wildman–Crippen MR) is 308 cm³/mol. The molecule has 0 amide bonds. The minimum absolute atomic E-state index is 0.0430. The number of hydrogen-bond acceptors (Lipinski definition) is 7. The molecule has 1 fully saturated rings. The quantitative estimate of drug-likeness (QED) is 0.143. The Labute approximate surface area is 441 Å². The number of oxazole rings is 1. The van der Waals surface area contributed by atoms with Crippen LogP contribution < -0.4 is 14.5 Å². The minimum Gasteiger partial charge on any atom is -0.457 e. The van der Waals surface area contributed by atoms with Crippen molar-refractivity contribution in [1.29, 1.82) is 0 Å². The third-order valence-electron chi connectivity index (χ3n) is 16.9. The number of furan rings is 2. The highest BCUT2D eigenvalue weighted by molar-refractivity contribution is 6.07. The van der Waals surface area contributed by atoms with E-state index in [0.717, 1.165) is 126 Å². The van der Waals surface area contributed by atoms with Gasteiger partial charge in [-0.05, 0) is 145 Å². The average Bonchev–Trinajstić information content (AvgIpc) is 4.31. The van der Waals surface area contributed by atoms with Gasteiger partial charge in [0, 0.05) is 90.7 Å². The largest absolute Gasteiger partial charge is 0.457 e. The molecule has 5 aliphatic rings. The lowest BCUT2D eigenvalue weighted by atomic mass is 9.74. The number of allylic oxidation sites excluding steroid dienone is 10. The topological polar surface area (TPSA) is 68.0 Å². The van der Waals surface area contributed by atoms with Crippen LogP contribution in [0.3, 0.4) is 0 Å². The van der Waals surface area contributed by atoms with Crippen molar-refractivity contribution in [3.8, 4) is 5.75 Å². The molecule has 10 aromatic rings. The summed E-state index contributed by atoms with van der Waals surface area (Å²) in [6.45, 7) is 7.15. The zero-order valence-electron chi connectivity index (χ0n) is 42.7. The van der Waals surface area contributed by atoms with E-state index in [2.05, 4.69) is 201 Å². The minimum atomic E-state index is -0.185. The molecule has 3 aromatic heterocycles. The molecular weight excluding hydrogens is 935 g/mol. The second-order valence-corrected chi connectivity index (χ2v) is 21.6. The van der Waals surface area contributed by atoms with Crippen LogP contribution >= 0.6 is 0 Å². The Bertz CT molecular complexity index is 4210. The fraction of sp³-hybridized carbons (Fsp3) is 0.174. The van der Waals surface area contributed by atoms with Gasteiger partial charge < -0.3 is 27.8 Å². The molecule has 4 aliphatic carbocycles. The highest BCUT2D eigenvalue weighted by atomic mass is 16.5. The molecule has 76 heavy (non-hydrogen) atoms. The molecule has 0 radical (unpaired) electrons. The van der Waals surface area contributed by atoms with Crippen molar-refractivity contribution >= 4 is 83.4 Å². The van der Waals surface area contributed by atoms with Crippen LogP contribution in [0.5, 0.6) is 5.75 Å². The maximum Gasteiger partial charge on any atom is 0.223 e. The smallest absolute Gasteiger partial charge is 0.223 e. The molecule has 0 spiro atoms. The van der Waals surface area contributed by atoms with Crippen molar-refractivity contribution in [3.05, 3.63) is 246 Å². The third kappa shape index (κ3) is 7.20. The zero-order chi connectivity index (χ0) is 50.6. The van der Waals surface area contributed by atoms with Gasteiger partial charge in [-0.25, -0.2) is 4.98 Å². The highest BCUT2D eigenvalue weighted by Gasteiger charge is 2.49. The SMILES string of the molecule is CCC1C=C(c2ccc(N(c3ccc4c(c3)oc3ccccc34)C3C=C4C(=CC3)C3C=CC(N(C5=CC=C(c6nc7ccccc7o6)CC5)c5ccc6c(c5)oc5ccccc56)=CC3C4(C)C)cc2)Oc2ccccc21. The lowest BCUT2D eigenvalue weighted by Crippen LogP contribution is -2.32. The summed E-state index contributed by atoms with van der Waals surface area (Å²) >= 11 is 0. The Balaban J connectivity index is 0.800. The van der Waals surface area contributed by atoms with Crippen LogP contribution in [0.15, 0.2) is 242 Å². The van der Waals surface area contributed by atoms with Crippen LogP contribution in [-0.2, 0) is 0 Å². The first-order valence-electron chi connectivity index (χ1n) is 26.9.